The normalized spacial score (nSPS) is 10.4. The number of esters is 1. The SMILES string of the molecule is CCOC(=O)CCc1csc(Nc2cc(F)ccc2Br)n1. The summed E-state index contributed by atoms with van der Waals surface area (Å²) >= 11 is 4.75. The smallest absolute Gasteiger partial charge is 0.306 e. The number of hydrogen-bond acceptors (Lipinski definition) is 5. The molecule has 0 saturated heterocycles. The van der Waals surface area contributed by atoms with Gasteiger partial charge in [0.15, 0.2) is 5.13 Å². The van der Waals surface area contributed by atoms with Crippen molar-refractivity contribution in [2.24, 2.45) is 0 Å². The molecule has 0 amide bonds. The number of thiazole rings is 1. The molecule has 0 radical (unpaired) electrons. The predicted octanol–water partition coefficient (Wildman–Crippen LogP) is 4.28. The Morgan fingerprint density at radius 2 is 2.33 bits per heavy atom. The number of carbonyl (C=O) groups excluding carboxylic acids is 1. The second-order valence-corrected chi connectivity index (χ2v) is 5.91. The minimum Gasteiger partial charge on any atom is -0.466 e. The predicted molar refractivity (Wildman–Crippen MR) is 84.5 cm³/mol. The van der Waals surface area contributed by atoms with Crippen molar-refractivity contribution < 1.29 is 13.9 Å². The van der Waals surface area contributed by atoms with E-state index in [-0.39, 0.29) is 11.8 Å². The van der Waals surface area contributed by atoms with Crippen LogP contribution in [0.5, 0.6) is 0 Å². The van der Waals surface area contributed by atoms with Crippen molar-refractivity contribution in [2.45, 2.75) is 19.8 Å². The number of carbonyl (C=O) groups is 1. The molecule has 4 nitrogen and oxygen atoms in total. The fourth-order valence-electron chi connectivity index (χ4n) is 1.65. The van der Waals surface area contributed by atoms with Crippen LogP contribution in [0, 0.1) is 5.82 Å². The van der Waals surface area contributed by atoms with E-state index >= 15 is 0 Å². The summed E-state index contributed by atoms with van der Waals surface area (Å²) in [5, 5.41) is 5.57. The molecule has 21 heavy (non-hydrogen) atoms. The largest absolute Gasteiger partial charge is 0.466 e. The topological polar surface area (TPSA) is 51.2 Å². The number of aryl methyl sites for hydroxylation is 1. The summed E-state index contributed by atoms with van der Waals surface area (Å²) in [7, 11) is 0. The van der Waals surface area contributed by atoms with Crippen LogP contribution >= 0.6 is 27.3 Å². The third kappa shape index (κ3) is 4.78. The molecule has 7 heteroatoms. The van der Waals surface area contributed by atoms with Gasteiger partial charge >= 0.3 is 5.97 Å². The maximum atomic E-state index is 13.2. The first kappa shape index (κ1) is 15.9. The number of hydrogen-bond donors (Lipinski definition) is 1. The fourth-order valence-corrected chi connectivity index (χ4v) is 2.75. The number of nitrogens with zero attached hydrogens (tertiary/aromatic N) is 1. The molecule has 1 aromatic heterocycles. The van der Waals surface area contributed by atoms with Crippen LogP contribution < -0.4 is 5.32 Å². The van der Waals surface area contributed by atoms with Crippen LogP contribution in [0.3, 0.4) is 0 Å². The summed E-state index contributed by atoms with van der Waals surface area (Å²) in [6.07, 6.45) is 0.835. The molecule has 0 aliphatic rings. The van der Waals surface area contributed by atoms with Crippen molar-refractivity contribution in [3.05, 3.63) is 39.6 Å². The number of rotatable bonds is 6. The quantitative estimate of drug-likeness (QED) is 0.768. The van der Waals surface area contributed by atoms with Gasteiger partial charge in [0.05, 0.1) is 24.4 Å². The molecular formula is C14H14BrFN2O2S. The van der Waals surface area contributed by atoms with Gasteiger partial charge in [-0.25, -0.2) is 9.37 Å². The van der Waals surface area contributed by atoms with Gasteiger partial charge < -0.3 is 10.1 Å². The lowest BCUT2D eigenvalue weighted by molar-refractivity contribution is -0.143. The zero-order valence-electron chi connectivity index (χ0n) is 11.4. The van der Waals surface area contributed by atoms with Crippen LogP contribution in [-0.2, 0) is 16.0 Å². The Kier molecular flexibility index (Phi) is 5.69. The summed E-state index contributed by atoms with van der Waals surface area (Å²) < 4.78 is 18.8. The van der Waals surface area contributed by atoms with Crippen LogP contribution in [0.15, 0.2) is 28.1 Å². The van der Waals surface area contributed by atoms with E-state index in [0.29, 0.717) is 30.3 Å². The van der Waals surface area contributed by atoms with Crippen LogP contribution in [0.2, 0.25) is 0 Å². The van der Waals surface area contributed by atoms with Crippen LogP contribution in [0.1, 0.15) is 19.0 Å². The summed E-state index contributed by atoms with van der Waals surface area (Å²) in [5.74, 6) is -0.548. The fraction of sp³-hybridized carbons (Fsp3) is 0.286. The van der Waals surface area contributed by atoms with Gasteiger partial charge in [-0.1, -0.05) is 0 Å². The first-order valence-electron chi connectivity index (χ1n) is 6.40. The molecule has 0 atom stereocenters. The molecule has 0 aliphatic heterocycles. The van der Waals surface area contributed by atoms with Gasteiger partial charge in [0, 0.05) is 16.3 Å². The Morgan fingerprint density at radius 1 is 1.52 bits per heavy atom. The molecule has 1 N–H and O–H groups in total. The lowest BCUT2D eigenvalue weighted by Crippen LogP contribution is -2.05. The Bertz CT molecular complexity index is 633. The second-order valence-electron chi connectivity index (χ2n) is 4.20. The Balaban J connectivity index is 1.97. The molecule has 1 aromatic carbocycles. The number of ether oxygens (including phenoxy) is 1. The molecule has 1 heterocycles. The number of halogens is 2. The average molecular weight is 373 g/mol. The number of benzene rings is 1. The van der Waals surface area contributed by atoms with Gasteiger partial charge in [0.25, 0.3) is 0 Å². The summed E-state index contributed by atoms with van der Waals surface area (Å²) in [5.41, 5.74) is 1.42. The van der Waals surface area contributed by atoms with Gasteiger partial charge in [0.2, 0.25) is 0 Å². The van der Waals surface area contributed by atoms with Gasteiger partial charge in [-0.3, -0.25) is 4.79 Å². The van der Waals surface area contributed by atoms with E-state index < -0.39 is 0 Å². The van der Waals surface area contributed by atoms with E-state index in [9.17, 15) is 9.18 Å². The molecule has 112 valence electrons. The lowest BCUT2D eigenvalue weighted by Gasteiger charge is -2.05. The summed E-state index contributed by atoms with van der Waals surface area (Å²) in [6, 6.07) is 4.40. The van der Waals surface area contributed by atoms with Gasteiger partial charge in [-0.2, -0.15) is 0 Å². The van der Waals surface area contributed by atoms with E-state index in [2.05, 4.69) is 26.2 Å². The van der Waals surface area contributed by atoms with Crippen molar-refractivity contribution in [1.82, 2.24) is 4.98 Å². The second kappa shape index (κ2) is 7.51. The molecular weight excluding hydrogens is 359 g/mol. The van der Waals surface area contributed by atoms with Crippen molar-refractivity contribution in [2.75, 3.05) is 11.9 Å². The molecule has 0 fully saturated rings. The van der Waals surface area contributed by atoms with Crippen molar-refractivity contribution in [3.63, 3.8) is 0 Å². The van der Waals surface area contributed by atoms with Crippen LogP contribution in [-0.4, -0.2) is 17.6 Å². The molecule has 0 aliphatic carbocycles. The minimum absolute atomic E-state index is 0.229. The highest BCUT2D eigenvalue weighted by molar-refractivity contribution is 9.10. The monoisotopic (exact) mass is 372 g/mol. The maximum Gasteiger partial charge on any atom is 0.306 e. The number of nitrogens with one attached hydrogen (secondary N) is 1. The Morgan fingerprint density at radius 3 is 3.10 bits per heavy atom. The Labute approximate surface area is 134 Å². The van der Waals surface area contributed by atoms with Crippen molar-refractivity contribution in [1.29, 1.82) is 0 Å². The van der Waals surface area contributed by atoms with Gasteiger partial charge in [0.1, 0.15) is 5.82 Å². The molecule has 2 rings (SSSR count). The molecule has 0 unspecified atom stereocenters. The van der Waals surface area contributed by atoms with E-state index in [0.717, 1.165) is 10.2 Å². The standard InChI is InChI=1S/C14H14BrFN2O2S/c1-2-20-13(19)6-4-10-8-21-14(17-10)18-12-7-9(16)3-5-11(12)15/h3,5,7-8H,2,4,6H2,1H3,(H,17,18). The molecule has 0 spiro atoms. The zero-order valence-corrected chi connectivity index (χ0v) is 13.8. The average Bonchev–Trinajstić information content (AvgIpc) is 2.89. The summed E-state index contributed by atoms with van der Waals surface area (Å²) in [4.78, 5) is 15.7. The zero-order chi connectivity index (χ0) is 15.2. The number of anilines is 2. The third-order valence-electron chi connectivity index (χ3n) is 2.61. The Hall–Kier alpha value is -1.47. The van der Waals surface area contributed by atoms with E-state index in [4.69, 9.17) is 4.74 Å². The number of aromatic nitrogens is 1. The molecule has 0 saturated carbocycles. The van der Waals surface area contributed by atoms with Crippen LogP contribution in [0.4, 0.5) is 15.2 Å². The first-order valence-corrected chi connectivity index (χ1v) is 8.08. The lowest BCUT2D eigenvalue weighted by atomic mass is 10.2. The highest BCUT2D eigenvalue weighted by atomic mass is 79.9. The highest BCUT2D eigenvalue weighted by Gasteiger charge is 2.08. The third-order valence-corrected chi connectivity index (χ3v) is 4.11. The molecule has 2 aromatic rings. The van der Waals surface area contributed by atoms with Crippen LogP contribution in [0.25, 0.3) is 0 Å². The van der Waals surface area contributed by atoms with E-state index in [1.54, 1.807) is 13.0 Å². The highest BCUT2D eigenvalue weighted by Crippen LogP contribution is 2.28. The van der Waals surface area contributed by atoms with Gasteiger partial charge in [-0.05, 0) is 41.1 Å². The van der Waals surface area contributed by atoms with Gasteiger partial charge in [-0.15, -0.1) is 11.3 Å². The molecule has 0 bridgehead atoms. The van der Waals surface area contributed by atoms with E-state index in [1.807, 2.05) is 5.38 Å². The minimum atomic E-state index is -0.320. The van der Waals surface area contributed by atoms with E-state index in [1.165, 1.54) is 23.5 Å². The maximum absolute atomic E-state index is 13.2. The van der Waals surface area contributed by atoms with Crippen molar-refractivity contribution in [3.8, 4) is 0 Å². The first-order chi connectivity index (χ1) is 10.1. The van der Waals surface area contributed by atoms with Crippen molar-refractivity contribution >= 4 is 44.1 Å². The summed E-state index contributed by atoms with van der Waals surface area (Å²) in [6.45, 7) is 2.16.